The molecule has 188 valence electrons. The summed E-state index contributed by atoms with van der Waals surface area (Å²) in [6, 6.07) is 5.94. The molecule has 0 aromatic heterocycles. The fourth-order valence-corrected chi connectivity index (χ4v) is 4.31. The molecule has 33 heavy (non-hydrogen) atoms. The van der Waals surface area contributed by atoms with Gasteiger partial charge in [0.15, 0.2) is 0 Å². The lowest BCUT2D eigenvalue weighted by molar-refractivity contribution is -0.119. The van der Waals surface area contributed by atoms with Gasteiger partial charge in [0.2, 0.25) is 5.91 Å². The Balaban J connectivity index is 3.10. The lowest BCUT2D eigenvalue weighted by Gasteiger charge is -2.31. The van der Waals surface area contributed by atoms with E-state index in [1.807, 2.05) is 13.0 Å². The van der Waals surface area contributed by atoms with Crippen molar-refractivity contribution in [1.82, 2.24) is 5.32 Å². The van der Waals surface area contributed by atoms with E-state index in [1.165, 1.54) is 0 Å². The van der Waals surface area contributed by atoms with Crippen molar-refractivity contribution in [1.29, 1.82) is 0 Å². The van der Waals surface area contributed by atoms with Crippen LogP contribution >= 0.6 is 7.82 Å². The molecule has 0 aliphatic heterocycles. The quantitative estimate of drug-likeness (QED) is 0.461. The molecule has 0 fully saturated rings. The molecule has 10 heteroatoms. The molecule has 1 rings (SSSR count). The van der Waals surface area contributed by atoms with Gasteiger partial charge >= 0.3 is 13.9 Å². The maximum atomic E-state index is 13.3. The minimum atomic E-state index is -4.10. The van der Waals surface area contributed by atoms with Gasteiger partial charge in [-0.3, -0.25) is 18.4 Å². The first-order chi connectivity index (χ1) is 14.8. The predicted molar refractivity (Wildman–Crippen MR) is 128 cm³/mol. The van der Waals surface area contributed by atoms with Crippen LogP contribution in [0.4, 0.5) is 10.5 Å². The molecule has 1 aromatic rings. The van der Waals surface area contributed by atoms with Crippen molar-refractivity contribution in [2.75, 3.05) is 11.9 Å². The lowest BCUT2D eigenvalue weighted by atomic mass is 10.2. The highest BCUT2D eigenvalue weighted by molar-refractivity contribution is 7.48. The van der Waals surface area contributed by atoms with Crippen LogP contribution in [-0.2, 0) is 27.7 Å². The summed E-state index contributed by atoms with van der Waals surface area (Å²) in [5, 5.41) is 5.20. The summed E-state index contributed by atoms with van der Waals surface area (Å²) in [5.74, 6) is -0.579. The average molecular weight is 487 g/mol. The van der Waals surface area contributed by atoms with Gasteiger partial charge in [-0.05, 0) is 86.9 Å². The summed E-state index contributed by atoms with van der Waals surface area (Å²) in [5.41, 5.74) is -0.988. The fourth-order valence-electron chi connectivity index (χ4n) is 2.49. The van der Waals surface area contributed by atoms with Gasteiger partial charge in [0.25, 0.3) is 0 Å². The number of alkyl carbamates (subject to hydrolysis) is 1. The van der Waals surface area contributed by atoms with E-state index in [4.69, 9.17) is 18.3 Å². The molecule has 0 spiro atoms. The smallest absolute Gasteiger partial charge is 0.444 e. The summed E-state index contributed by atoms with van der Waals surface area (Å²) in [6.07, 6.45) is -0.821. The number of phosphoric acid groups is 1. The molecule has 2 amide bonds. The van der Waals surface area contributed by atoms with Gasteiger partial charge < -0.3 is 15.4 Å². The number of amides is 2. The van der Waals surface area contributed by atoms with Gasteiger partial charge in [-0.2, -0.15) is 0 Å². The number of aryl methyl sites for hydroxylation is 1. The molecule has 1 atom stereocenters. The largest absolute Gasteiger partial charge is 0.475 e. The van der Waals surface area contributed by atoms with E-state index in [-0.39, 0.29) is 0 Å². The number of hydrogen-bond acceptors (Lipinski definition) is 7. The summed E-state index contributed by atoms with van der Waals surface area (Å²) >= 11 is 0. The Morgan fingerprint density at radius 3 is 1.94 bits per heavy atom. The zero-order chi connectivity index (χ0) is 25.7. The highest BCUT2D eigenvalue weighted by Crippen LogP contribution is 2.55. The lowest BCUT2D eigenvalue weighted by Crippen LogP contribution is -2.48. The van der Waals surface area contributed by atoms with Gasteiger partial charge in [0.1, 0.15) is 11.6 Å². The van der Waals surface area contributed by atoms with Gasteiger partial charge in [-0.1, -0.05) is 12.1 Å². The SMILES string of the molecule is Cc1cccc(NC(=O)C(COP(=O)(OC(C)(C)C)OC(C)(C)C)NC(=O)OC(C)(C)C)c1. The van der Waals surface area contributed by atoms with Crippen molar-refractivity contribution in [2.45, 2.75) is 92.1 Å². The minimum absolute atomic E-state index is 0.472. The molecular formula is C23H39N2O7P. The topological polar surface area (TPSA) is 112 Å². The van der Waals surface area contributed by atoms with Crippen LogP contribution in [0.2, 0.25) is 0 Å². The molecule has 0 aliphatic rings. The Morgan fingerprint density at radius 1 is 0.939 bits per heavy atom. The molecule has 0 saturated carbocycles. The second kappa shape index (κ2) is 11.0. The first kappa shape index (κ1) is 29.1. The standard InChI is InChI=1S/C23H39N2O7P/c1-16-12-11-13-17(14-16)24-19(26)18(25-20(27)30-21(2,3)4)15-29-33(28,31-22(5,6)7)32-23(8,9)10/h11-14,18H,15H2,1-10H3,(H,24,26)(H,25,27). The van der Waals surface area contributed by atoms with E-state index in [1.54, 1.807) is 80.5 Å². The summed E-state index contributed by atoms with van der Waals surface area (Å²) in [6.45, 7) is 16.7. The number of carbonyl (C=O) groups excluding carboxylic acids is 2. The third kappa shape index (κ3) is 12.8. The average Bonchev–Trinajstić information content (AvgIpc) is 2.53. The maximum absolute atomic E-state index is 13.3. The molecule has 1 unspecified atom stereocenters. The zero-order valence-electron chi connectivity index (χ0n) is 21.4. The molecule has 0 radical (unpaired) electrons. The van der Waals surface area contributed by atoms with Crippen LogP contribution in [0, 0.1) is 6.92 Å². The first-order valence-electron chi connectivity index (χ1n) is 10.8. The van der Waals surface area contributed by atoms with Crippen LogP contribution in [0.5, 0.6) is 0 Å². The van der Waals surface area contributed by atoms with E-state index < -0.39 is 49.3 Å². The van der Waals surface area contributed by atoms with Crippen LogP contribution in [0.1, 0.15) is 67.9 Å². The van der Waals surface area contributed by atoms with Crippen LogP contribution in [0.25, 0.3) is 0 Å². The van der Waals surface area contributed by atoms with Crippen molar-refractivity contribution >= 4 is 25.5 Å². The molecular weight excluding hydrogens is 447 g/mol. The molecule has 2 N–H and O–H groups in total. The Morgan fingerprint density at radius 2 is 1.48 bits per heavy atom. The number of carbonyl (C=O) groups is 2. The monoisotopic (exact) mass is 486 g/mol. The third-order valence-corrected chi connectivity index (χ3v) is 5.47. The van der Waals surface area contributed by atoms with Crippen molar-refractivity contribution in [3.8, 4) is 0 Å². The highest BCUT2D eigenvalue weighted by atomic mass is 31.2. The number of hydrogen-bond donors (Lipinski definition) is 2. The Kier molecular flexibility index (Phi) is 9.70. The van der Waals surface area contributed by atoms with Gasteiger partial charge in [-0.25, -0.2) is 9.36 Å². The van der Waals surface area contributed by atoms with E-state index in [2.05, 4.69) is 10.6 Å². The maximum Gasteiger partial charge on any atom is 0.475 e. The molecule has 1 aromatic carbocycles. The second-order valence-electron chi connectivity index (χ2n) is 10.7. The zero-order valence-corrected chi connectivity index (χ0v) is 22.3. The number of nitrogens with one attached hydrogen (secondary N) is 2. The van der Waals surface area contributed by atoms with E-state index in [9.17, 15) is 14.2 Å². The normalized spacial score (nSPS) is 13.9. The van der Waals surface area contributed by atoms with Crippen LogP contribution in [-0.4, -0.2) is 41.5 Å². The molecule has 0 bridgehead atoms. The van der Waals surface area contributed by atoms with Gasteiger partial charge in [-0.15, -0.1) is 0 Å². The van der Waals surface area contributed by atoms with Crippen molar-refractivity contribution < 1.29 is 32.5 Å². The predicted octanol–water partition coefficient (Wildman–Crippen LogP) is 5.58. The third-order valence-electron chi connectivity index (χ3n) is 3.46. The fraction of sp³-hybridized carbons (Fsp3) is 0.652. The Hall–Kier alpha value is -1.93. The highest BCUT2D eigenvalue weighted by Gasteiger charge is 2.39. The van der Waals surface area contributed by atoms with Crippen LogP contribution in [0.15, 0.2) is 24.3 Å². The van der Waals surface area contributed by atoms with Gasteiger partial charge in [0, 0.05) is 5.69 Å². The first-order valence-corrected chi connectivity index (χ1v) is 12.3. The second-order valence-corrected chi connectivity index (χ2v) is 12.2. The Labute approximate surface area is 197 Å². The van der Waals surface area contributed by atoms with Crippen molar-refractivity contribution in [3.63, 3.8) is 0 Å². The van der Waals surface area contributed by atoms with E-state index in [0.29, 0.717) is 5.69 Å². The number of benzene rings is 1. The number of anilines is 1. The van der Waals surface area contributed by atoms with Crippen LogP contribution < -0.4 is 10.6 Å². The number of ether oxygens (including phenoxy) is 1. The Bertz CT molecular complexity index is 847. The van der Waals surface area contributed by atoms with E-state index in [0.717, 1.165) is 5.56 Å². The molecule has 0 heterocycles. The summed E-state index contributed by atoms with van der Waals surface area (Å²) in [4.78, 5) is 25.3. The van der Waals surface area contributed by atoms with Crippen molar-refractivity contribution in [3.05, 3.63) is 29.8 Å². The summed E-state index contributed by atoms with van der Waals surface area (Å²) in [7, 11) is -4.10. The molecule has 0 aliphatic carbocycles. The van der Waals surface area contributed by atoms with E-state index >= 15 is 0 Å². The minimum Gasteiger partial charge on any atom is -0.444 e. The number of rotatable bonds is 8. The van der Waals surface area contributed by atoms with Crippen LogP contribution in [0.3, 0.4) is 0 Å². The van der Waals surface area contributed by atoms with Gasteiger partial charge in [0.05, 0.1) is 17.8 Å². The molecule has 0 saturated heterocycles. The van der Waals surface area contributed by atoms with Crippen molar-refractivity contribution in [2.24, 2.45) is 0 Å². The number of phosphoric ester groups is 1. The summed E-state index contributed by atoms with van der Waals surface area (Å²) < 4.78 is 35.3. The molecule has 9 nitrogen and oxygen atoms in total.